The molecule has 3 heterocycles. The van der Waals surface area contributed by atoms with Crippen LogP contribution >= 0.6 is 22.9 Å². The molecule has 0 saturated heterocycles. The van der Waals surface area contributed by atoms with Gasteiger partial charge >= 0.3 is 0 Å². The molecule has 11 heteroatoms. The quantitative estimate of drug-likeness (QED) is 0.165. The van der Waals surface area contributed by atoms with Gasteiger partial charge in [0, 0.05) is 29.3 Å². The number of furan rings is 1. The van der Waals surface area contributed by atoms with Crippen LogP contribution in [0.15, 0.2) is 92.6 Å². The minimum Gasteiger partial charge on any atom is -0.493 e. The molecule has 0 saturated carbocycles. The first-order chi connectivity index (χ1) is 21.4. The molecule has 0 fully saturated rings. The van der Waals surface area contributed by atoms with Crippen molar-refractivity contribution in [2.45, 2.75) is 18.9 Å². The van der Waals surface area contributed by atoms with E-state index in [1.54, 1.807) is 43.1 Å². The van der Waals surface area contributed by atoms with Crippen LogP contribution in [0.25, 0.3) is 23.1 Å². The van der Waals surface area contributed by atoms with E-state index < -0.39 is 4.92 Å². The van der Waals surface area contributed by atoms with Gasteiger partial charge in [-0.25, -0.2) is 4.99 Å². The minimum atomic E-state index is -0.505. The average molecular weight is 626 g/mol. The number of aromatic nitrogens is 1. The zero-order valence-electron chi connectivity index (χ0n) is 23.6. The topological polar surface area (TPSA) is 109 Å². The number of nitro benzene ring substituents is 1. The predicted molar refractivity (Wildman–Crippen MR) is 168 cm³/mol. The lowest BCUT2D eigenvalue weighted by Gasteiger charge is -2.31. The zero-order valence-corrected chi connectivity index (χ0v) is 25.1. The SMILES string of the molecule is COc1ccc([C@H]2C3=C(N=c4s/c(=C/c5ccc(-c6ccc([N+](=O)[O-])cc6Cl)o5)c(=O)n42)c2ccccc2CC3)cc1OC. The number of hydrogen-bond acceptors (Lipinski definition) is 8. The van der Waals surface area contributed by atoms with E-state index in [2.05, 4.69) is 12.1 Å². The van der Waals surface area contributed by atoms with Crippen molar-refractivity contribution >= 4 is 40.4 Å². The van der Waals surface area contributed by atoms with Crippen molar-refractivity contribution in [3.8, 4) is 22.8 Å². The number of fused-ring (bicyclic) bond motifs is 3. The smallest absolute Gasteiger partial charge is 0.271 e. The third-order valence-corrected chi connectivity index (χ3v) is 9.22. The number of nitro groups is 1. The summed E-state index contributed by atoms with van der Waals surface area (Å²) in [4.78, 5) is 30.3. The summed E-state index contributed by atoms with van der Waals surface area (Å²) in [6.07, 6.45) is 3.30. The number of methoxy groups -OCH3 is 2. The van der Waals surface area contributed by atoms with Crippen LogP contribution in [0.4, 0.5) is 5.69 Å². The van der Waals surface area contributed by atoms with Crippen LogP contribution in [0.5, 0.6) is 11.5 Å². The summed E-state index contributed by atoms with van der Waals surface area (Å²) < 4.78 is 19.3. The van der Waals surface area contributed by atoms with Crippen molar-refractivity contribution < 1.29 is 18.8 Å². The van der Waals surface area contributed by atoms with Gasteiger partial charge < -0.3 is 13.9 Å². The van der Waals surface area contributed by atoms with Crippen molar-refractivity contribution in [1.82, 2.24) is 4.57 Å². The molecule has 1 aliphatic heterocycles. The lowest BCUT2D eigenvalue weighted by Crippen LogP contribution is -2.38. The maximum atomic E-state index is 14.1. The molecule has 0 N–H and O–H groups in total. The number of thiazole rings is 1. The number of benzene rings is 3. The summed E-state index contributed by atoms with van der Waals surface area (Å²) in [5, 5.41) is 11.3. The molecule has 3 aromatic carbocycles. The van der Waals surface area contributed by atoms with Gasteiger partial charge in [-0.2, -0.15) is 0 Å². The summed E-state index contributed by atoms with van der Waals surface area (Å²) in [7, 11) is 3.19. The molecule has 0 bridgehead atoms. The van der Waals surface area contributed by atoms with Gasteiger partial charge in [0.05, 0.1) is 40.4 Å². The van der Waals surface area contributed by atoms with Crippen LogP contribution in [0.1, 0.15) is 34.9 Å². The normalized spacial score (nSPS) is 15.7. The summed E-state index contributed by atoms with van der Waals surface area (Å²) >= 11 is 7.62. The van der Waals surface area contributed by atoms with Gasteiger partial charge in [-0.15, -0.1) is 0 Å². The predicted octanol–water partition coefficient (Wildman–Crippen LogP) is 6.16. The average Bonchev–Trinajstić information content (AvgIpc) is 3.63. The summed E-state index contributed by atoms with van der Waals surface area (Å²) in [6, 6.07) is 21.3. The molecule has 2 aliphatic rings. The number of hydrogen-bond donors (Lipinski definition) is 0. The van der Waals surface area contributed by atoms with Crippen LogP contribution < -0.4 is 24.4 Å². The Kier molecular flexibility index (Phi) is 6.95. The second-order valence-corrected chi connectivity index (χ2v) is 11.8. The molecule has 0 spiro atoms. The Labute approximate surface area is 259 Å². The Morgan fingerprint density at radius 1 is 1.02 bits per heavy atom. The summed E-state index contributed by atoms with van der Waals surface area (Å²) in [5.74, 6) is 2.06. The molecule has 9 nitrogen and oxygen atoms in total. The molecular formula is C33H24ClN3O6S. The highest BCUT2D eigenvalue weighted by atomic mass is 35.5. The van der Waals surface area contributed by atoms with Crippen LogP contribution in [0.3, 0.4) is 0 Å². The summed E-state index contributed by atoms with van der Waals surface area (Å²) in [5.41, 5.74) is 5.38. The second kappa shape index (κ2) is 11.0. The minimum absolute atomic E-state index is 0.110. The van der Waals surface area contributed by atoms with E-state index in [-0.39, 0.29) is 22.3 Å². The van der Waals surface area contributed by atoms with E-state index in [1.165, 1.54) is 29.0 Å². The maximum Gasteiger partial charge on any atom is 0.271 e. The van der Waals surface area contributed by atoms with E-state index in [0.29, 0.717) is 37.9 Å². The van der Waals surface area contributed by atoms with E-state index in [4.69, 9.17) is 30.5 Å². The van der Waals surface area contributed by atoms with Gasteiger partial charge in [-0.05, 0) is 59.9 Å². The van der Waals surface area contributed by atoms with E-state index in [0.717, 1.165) is 35.2 Å². The van der Waals surface area contributed by atoms with Crippen molar-refractivity contribution in [1.29, 1.82) is 0 Å². The number of nitrogens with zero attached hydrogens (tertiary/aromatic N) is 3. The lowest BCUT2D eigenvalue weighted by molar-refractivity contribution is -0.384. The fraction of sp³-hybridized carbons (Fsp3) is 0.152. The van der Waals surface area contributed by atoms with Crippen molar-refractivity contribution in [2.75, 3.05) is 14.2 Å². The van der Waals surface area contributed by atoms with Crippen LogP contribution in [-0.2, 0) is 6.42 Å². The standard InChI is InChI=1S/C33H24ClN3O6S/c1-41-27-13-8-19(15-28(27)42-2)31-24-11-7-18-5-3-4-6-22(18)30(24)35-33-36(31)32(38)29(44-33)17-21-10-14-26(43-21)23-12-9-20(37(39)40)16-25(23)34/h3-6,8-10,12-17,31H,7,11H2,1-2H3/b29-17+/t31-/m0/s1. The van der Waals surface area contributed by atoms with Crippen molar-refractivity contribution in [3.05, 3.63) is 136 Å². The number of ether oxygens (including phenoxy) is 2. The van der Waals surface area contributed by atoms with Gasteiger partial charge in [0.1, 0.15) is 11.5 Å². The molecule has 5 aromatic rings. The Bertz CT molecular complexity index is 2200. The molecule has 0 radical (unpaired) electrons. The first-order valence-corrected chi connectivity index (χ1v) is 14.9. The molecule has 7 rings (SSSR count). The zero-order chi connectivity index (χ0) is 30.5. The van der Waals surface area contributed by atoms with Gasteiger partial charge in [-0.1, -0.05) is 53.3 Å². The molecule has 44 heavy (non-hydrogen) atoms. The maximum absolute atomic E-state index is 14.1. The van der Waals surface area contributed by atoms with Crippen molar-refractivity contribution in [2.24, 2.45) is 4.99 Å². The molecule has 0 unspecified atom stereocenters. The van der Waals surface area contributed by atoms with Crippen molar-refractivity contribution in [3.63, 3.8) is 0 Å². The number of halogens is 1. The number of allylic oxidation sites excluding steroid dienone is 1. The monoisotopic (exact) mass is 625 g/mol. The highest BCUT2D eigenvalue weighted by Crippen LogP contribution is 2.43. The molecule has 1 aliphatic carbocycles. The van der Waals surface area contributed by atoms with Gasteiger partial charge in [0.15, 0.2) is 16.3 Å². The van der Waals surface area contributed by atoms with Gasteiger partial charge in [0.2, 0.25) is 0 Å². The van der Waals surface area contributed by atoms with E-state index in [9.17, 15) is 14.9 Å². The van der Waals surface area contributed by atoms with E-state index >= 15 is 0 Å². The Hall–Kier alpha value is -4.93. The molecule has 0 amide bonds. The van der Waals surface area contributed by atoms with Crippen LogP contribution in [0, 0.1) is 10.1 Å². The van der Waals surface area contributed by atoms with Gasteiger partial charge in [-0.3, -0.25) is 19.5 Å². The lowest BCUT2D eigenvalue weighted by atomic mass is 9.83. The van der Waals surface area contributed by atoms with Crippen LogP contribution in [0.2, 0.25) is 5.02 Å². The third-order valence-electron chi connectivity index (χ3n) is 7.93. The first kappa shape index (κ1) is 27.9. The van der Waals surface area contributed by atoms with Gasteiger partial charge in [0.25, 0.3) is 11.2 Å². The largest absolute Gasteiger partial charge is 0.493 e. The number of aryl methyl sites for hydroxylation is 1. The third kappa shape index (κ3) is 4.63. The first-order valence-electron chi connectivity index (χ1n) is 13.8. The molecule has 220 valence electrons. The Balaban J connectivity index is 1.38. The number of non-ortho nitro benzene ring substituents is 1. The molecular weight excluding hydrogens is 602 g/mol. The number of rotatable bonds is 6. The fourth-order valence-electron chi connectivity index (χ4n) is 5.87. The second-order valence-electron chi connectivity index (χ2n) is 10.4. The fourth-order valence-corrected chi connectivity index (χ4v) is 7.12. The van der Waals surface area contributed by atoms with Crippen LogP contribution in [-0.4, -0.2) is 23.7 Å². The summed E-state index contributed by atoms with van der Waals surface area (Å²) in [6.45, 7) is 0. The Morgan fingerprint density at radius 3 is 2.61 bits per heavy atom. The highest BCUT2D eigenvalue weighted by Gasteiger charge is 2.33. The molecule has 1 atom stereocenters. The van der Waals surface area contributed by atoms with E-state index in [1.807, 2.05) is 30.3 Å². The Morgan fingerprint density at radius 2 is 1.84 bits per heavy atom. The molecule has 2 aromatic heterocycles. The highest BCUT2D eigenvalue weighted by molar-refractivity contribution is 7.07.